The van der Waals surface area contributed by atoms with Crippen LogP contribution >= 0.6 is 0 Å². The Kier molecular flexibility index (Phi) is 1.46. The van der Waals surface area contributed by atoms with Crippen LogP contribution in [0, 0.1) is 5.92 Å². The molecule has 0 spiro atoms. The topological polar surface area (TPSA) is 57.6 Å². The zero-order chi connectivity index (χ0) is 10.6. The zero-order valence-electron chi connectivity index (χ0n) is 7.88. The van der Waals surface area contributed by atoms with E-state index in [1.807, 2.05) is 24.3 Å². The maximum atomic E-state index is 11.5. The highest BCUT2D eigenvalue weighted by molar-refractivity contribution is 6.00. The van der Waals surface area contributed by atoms with Gasteiger partial charge >= 0.3 is 6.09 Å². The van der Waals surface area contributed by atoms with Gasteiger partial charge in [-0.1, -0.05) is 24.3 Å². The second kappa shape index (κ2) is 2.59. The van der Waals surface area contributed by atoms with Gasteiger partial charge in [0, 0.05) is 0 Å². The second-order valence-electron chi connectivity index (χ2n) is 3.95. The number of imide groups is 1. The average molecular weight is 203 g/mol. The Bertz CT molecular complexity index is 469. The average Bonchev–Trinajstić information content (AvgIpc) is 2.53. The van der Waals surface area contributed by atoms with Gasteiger partial charge in [-0.2, -0.15) is 0 Å². The van der Waals surface area contributed by atoms with Crippen LogP contribution in [0.5, 0.6) is 0 Å². The molecule has 2 unspecified atom stereocenters. The summed E-state index contributed by atoms with van der Waals surface area (Å²) < 4.78 is 0. The Morgan fingerprint density at radius 2 is 2.13 bits per heavy atom. The summed E-state index contributed by atoms with van der Waals surface area (Å²) in [5.41, 5.74) is 2.09. The van der Waals surface area contributed by atoms with Crippen LogP contribution in [0.25, 0.3) is 0 Å². The van der Waals surface area contributed by atoms with Crippen molar-refractivity contribution in [3.63, 3.8) is 0 Å². The van der Waals surface area contributed by atoms with Crippen molar-refractivity contribution in [3.8, 4) is 0 Å². The van der Waals surface area contributed by atoms with Gasteiger partial charge in [0.05, 0.1) is 12.0 Å². The van der Waals surface area contributed by atoms with Crippen LogP contribution in [0.4, 0.5) is 4.79 Å². The molecule has 1 heterocycles. The van der Waals surface area contributed by atoms with Gasteiger partial charge < -0.3 is 5.11 Å². The molecule has 2 atom stereocenters. The molecule has 1 aliphatic heterocycles. The molecule has 1 N–H and O–H groups in total. The van der Waals surface area contributed by atoms with E-state index in [2.05, 4.69) is 0 Å². The van der Waals surface area contributed by atoms with Crippen molar-refractivity contribution < 1.29 is 14.7 Å². The number of benzene rings is 1. The molecule has 4 nitrogen and oxygen atoms in total. The fraction of sp³-hybridized carbons (Fsp3) is 0.273. The van der Waals surface area contributed by atoms with Crippen LogP contribution < -0.4 is 0 Å². The van der Waals surface area contributed by atoms with Gasteiger partial charge in [0.1, 0.15) is 0 Å². The van der Waals surface area contributed by atoms with Gasteiger partial charge in [-0.05, 0) is 17.5 Å². The number of β-lactam (4-membered cyclic amide) rings is 1. The summed E-state index contributed by atoms with van der Waals surface area (Å²) in [6, 6.07) is 7.43. The lowest BCUT2D eigenvalue weighted by molar-refractivity contribution is -0.150. The van der Waals surface area contributed by atoms with Crippen LogP contribution in [0.3, 0.4) is 0 Å². The van der Waals surface area contributed by atoms with Crippen molar-refractivity contribution in [1.29, 1.82) is 0 Å². The number of fused-ring (bicyclic) bond motifs is 3. The maximum Gasteiger partial charge on any atom is 0.414 e. The summed E-state index contributed by atoms with van der Waals surface area (Å²) in [4.78, 5) is 23.3. The smallest absolute Gasteiger partial charge is 0.414 e. The maximum absolute atomic E-state index is 11.5. The van der Waals surface area contributed by atoms with Crippen molar-refractivity contribution in [2.75, 3.05) is 0 Å². The van der Waals surface area contributed by atoms with Gasteiger partial charge in [-0.3, -0.25) is 4.79 Å². The van der Waals surface area contributed by atoms with Crippen molar-refractivity contribution in [3.05, 3.63) is 35.4 Å². The predicted molar refractivity (Wildman–Crippen MR) is 51.2 cm³/mol. The quantitative estimate of drug-likeness (QED) is 0.649. The van der Waals surface area contributed by atoms with Crippen molar-refractivity contribution >= 4 is 12.0 Å². The molecule has 3 rings (SSSR count). The SMILES string of the molecule is O=C(O)N1C(=O)C2Cc3ccccc3C21. The van der Waals surface area contributed by atoms with Gasteiger partial charge in [0.25, 0.3) is 0 Å². The Balaban J connectivity index is 2.05. The molecule has 2 amide bonds. The van der Waals surface area contributed by atoms with Crippen molar-refractivity contribution in [2.24, 2.45) is 5.92 Å². The molecule has 0 saturated carbocycles. The summed E-state index contributed by atoms with van der Waals surface area (Å²) in [5, 5.41) is 8.88. The third kappa shape index (κ3) is 0.909. The van der Waals surface area contributed by atoms with E-state index >= 15 is 0 Å². The number of nitrogens with zero attached hydrogens (tertiary/aromatic N) is 1. The third-order valence-corrected chi connectivity index (χ3v) is 3.23. The molecule has 4 heteroatoms. The van der Waals surface area contributed by atoms with Crippen LogP contribution in [0.15, 0.2) is 24.3 Å². The Morgan fingerprint density at radius 3 is 2.87 bits per heavy atom. The fourth-order valence-electron chi connectivity index (χ4n) is 2.56. The molecule has 0 radical (unpaired) electrons. The van der Waals surface area contributed by atoms with Gasteiger partial charge in [0.15, 0.2) is 0 Å². The number of carboxylic acid groups (broad SMARTS) is 1. The molecule has 1 aromatic rings. The first-order valence-electron chi connectivity index (χ1n) is 4.84. The van der Waals surface area contributed by atoms with E-state index in [0.29, 0.717) is 6.42 Å². The molecule has 0 bridgehead atoms. The fourth-order valence-corrected chi connectivity index (χ4v) is 2.56. The number of rotatable bonds is 0. The predicted octanol–water partition coefficient (Wildman–Crippen LogP) is 1.42. The van der Waals surface area contributed by atoms with E-state index in [0.717, 1.165) is 16.0 Å². The lowest BCUT2D eigenvalue weighted by Gasteiger charge is -2.40. The highest BCUT2D eigenvalue weighted by Gasteiger charge is 2.55. The number of carbonyl (C=O) groups excluding carboxylic acids is 1. The minimum Gasteiger partial charge on any atom is -0.465 e. The monoisotopic (exact) mass is 203 g/mol. The third-order valence-electron chi connectivity index (χ3n) is 3.23. The minimum absolute atomic E-state index is 0.140. The summed E-state index contributed by atoms with van der Waals surface area (Å²) in [7, 11) is 0. The lowest BCUT2D eigenvalue weighted by Crippen LogP contribution is -2.55. The molecule has 1 aromatic carbocycles. The molecular weight excluding hydrogens is 194 g/mol. The van der Waals surface area contributed by atoms with E-state index in [4.69, 9.17) is 5.11 Å². The number of hydrogen-bond acceptors (Lipinski definition) is 2. The van der Waals surface area contributed by atoms with Gasteiger partial charge in [0.2, 0.25) is 5.91 Å². The summed E-state index contributed by atoms with van der Waals surface area (Å²) in [6.45, 7) is 0. The van der Waals surface area contributed by atoms with Crippen molar-refractivity contribution in [2.45, 2.75) is 12.5 Å². The summed E-state index contributed by atoms with van der Waals surface area (Å²) >= 11 is 0. The molecule has 1 aliphatic carbocycles. The van der Waals surface area contributed by atoms with Gasteiger partial charge in [-0.25, -0.2) is 9.69 Å². The van der Waals surface area contributed by atoms with E-state index < -0.39 is 6.09 Å². The van der Waals surface area contributed by atoms with Crippen LogP contribution in [0.1, 0.15) is 17.2 Å². The lowest BCUT2D eigenvalue weighted by atomic mass is 9.89. The van der Waals surface area contributed by atoms with E-state index in [9.17, 15) is 9.59 Å². The normalized spacial score (nSPS) is 26.9. The highest BCUT2D eigenvalue weighted by Crippen LogP contribution is 2.48. The Morgan fingerprint density at radius 1 is 1.40 bits per heavy atom. The van der Waals surface area contributed by atoms with E-state index in [1.165, 1.54) is 0 Å². The molecule has 2 aliphatic rings. The van der Waals surface area contributed by atoms with E-state index in [-0.39, 0.29) is 17.9 Å². The first kappa shape index (κ1) is 8.47. The standard InChI is InChI=1S/C11H9NO3/c13-10-8-5-6-3-1-2-4-7(6)9(8)12(10)11(14)15/h1-4,8-9H,5H2,(H,14,15). The Labute approximate surface area is 86.1 Å². The van der Waals surface area contributed by atoms with Crippen LogP contribution in [-0.2, 0) is 11.2 Å². The van der Waals surface area contributed by atoms with Crippen molar-refractivity contribution in [1.82, 2.24) is 4.90 Å². The number of amides is 2. The van der Waals surface area contributed by atoms with Crippen LogP contribution in [0.2, 0.25) is 0 Å². The second-order valence-corrected chi connectivity index (χ2v) is 3.95. The largest absolute Gasteiger partial charge is 0.465 e. The number of likely N-dealkylation sites (tertiary alicyclic amines) is 1. The molecule has 1 saturated heterocycles. The molecule has 0 aromatic heterocycles. The molecular formula is C11H9NO3. The molecule has 15 heavy (non-hydrogen) atoms. The summed E-state index contributed by atoms with van der Waals surface area (Å²) in [6.07, 6.45) is -0.457. The minimum atomic E-state index is -1.14. The van der Waals surface area contributed by atoms with E-state index in [1.54, 1.807) is 0 Å². The highest BCUT2D eigenvalue weighted by atomic mass is 16.4. The number of hydrogen-bond donors (Lipinski definition) is 1. The first-order chi connectivity index (χ1) is 7.20. The summed E-state index contributed by atoms with van der Waals surface area (Å²) in [5.74, 6) is -0.401. The van der Waals surface area contributed by atoms with Crippen LogP contribution in [-0.4, -0.2) is 22.0 Å². The number of carbonyl (C=O) groups is 2. The van der Waals surface area contributed by atoms with Gasteiger partial charge in [-0.15, -0.1) is 0 Å². The first-order valence-corrected chi connectivity index (χ1v) is 4.84. The zero-order valence-corrected chi connectivity index (χ0v) is 7.88. The molecule has 1 fully saturated rings. The molecule has 76 valence electrons. The Hall–Kier alpha value is -1.84.